The van der Waals surface area contributed by atoms with E-state index in [0.717, 1.165) is 110 Å². The molecule has 3 aliphatic carbocycles. The third-order valence-corrected chi connectivity index (χ3v) is 13.0. The average Bonchev–Trinajstić information content (AvgIpc) is 3.34. The Hall–Kier alpha value is -6.26. The Bertz CT molecular complexity index is 2110. The maximum Gasteiger partial charge on any atom is 0.295 e. The minimum absolute atomic E-state index is 0.0476. The van der Waals surface area contributed by atoms with Crippen molar-refractivity contribution in [1.29, 1.82) is 10.5 Å². The first kappa shape index (κ1) is 42.8. The first-order chi connectivity index (χ1) is 29.9. The van der Waals surface area contributed by atoms with Gasteiger partial charge in [0.25, 0.3) is 6.47 Å². The van der Waals surface area contributed by atoms with Gasteiger partial charge in [0.1, 0.15) is 12.1 Å². The second-order valence-electron chi connectivity index (χ2n) is 16.7. The molecule has 0 saturated heterocycles. The Morgan fingerprint density at radius 2 is 0.820 bits per heavy atom. The van der Waals surface area contributed by atoms with Gasteiger partial charge in [-0.3, -0.25) is 33.9 Å². The van der Waals surface area contributed by atoms with Gasteiger partial charge in [0.2, 0.25) is 23.9 Å². The van der Waals surface area contributed by atoms with Crippen LogP contribution in [0.4, 0.5) is 0 Å². The number of carbonyl (C=O) groups excluding carboxylic acids is 4. The van der Waals surface area contributed by atoms with E-state index in [-0.39, 0.29) is 35.5 Å². The van der Waals surface area contributed by atoms with Crippen molar-refractivity contribution < 1.29 is 23.9 Å². The fourth-order valence-corrected chi connectivity index (χ4v) is 9.62. The molecule has 3 fully saturated rings. The number of amides is 3. The van der Waals surface area contributed by atoms with Crippen LogP contribution >= 0.6 is 0 Å². The van der Waals surface area contributed by atoms with Gasteiger partial charge in [0.05, 0.1) is 12.1 Å². The minimum atomic E-state index is -0.641. The van der Waals surface area contributed by atoms with E-state index in [1.165, 1.54) is 19.3 Å². The zero-order chi connectivity index (χ0) is 42.6. The summed E-state index contributed by atoms with van der Waals surface area (Å²) in [5.41, 5.74) is 5.77. The Balaban J connectivity index is 0.000000138. The highest BCUT2D eigenvalue weighted by atomic mass is 16.5. The van der Waals surface area contributed by atoms with E-state index < -0.39 is 18.3 Å². The Morgan fingerprint density at radius 3 is 1.20 bits per heavy atom. The number of fused-ring (bicyclic) bond motifs is 3. The van der Waals surface area contributed by atoms with Crippen molar-refractivity contribution >= 4 is 42.4 Å². The van der Waals surface area contributed by atoms with Crippen LogP contribution in [-0.2, 0) is 23.9 Å². The second kappa shape index (κ2) is 20.8. The molecule has 10 heteroatoms. The molecule has 314 valence electrons. The standard InChI is InChI=1S/2C17H18N2O.C17H19NO3/c2*18-12-16-15-9-5-4-6-13(15)10-11-19(16)17(20)14-7-2-1-3-8-14;19-12-21-17-15-9-5-4-6-13(15)10-11-18(17)16(20)14-7-2-1-3-8-14/h2*4-6,9-11,14,16H,1-3,7-8H2;4-6,9-12,14,17H,1-3,7-8H2/t16-;;17-/m0.1/s1. The quantitative estimate of drug-likeness (QED) is 0.234. The summed E-state index contributed by atoms with van der Waals surface area (Å²) < 4.78 is 5.21. The Morgan fingerprint density at radius 1 is 0.492 bits per heavy atom. The fraction of sp³-hybridized carbons (Fsp3) is 0.412. The van der Waals surface area contributed by atoms with Gasteiger partial charge in [-0.25, -0.2) is 0 Å². The van der Waals surface area contributed by atoms with Crippen LogP contribution in [0.25, 0.3) is 18.2 Å². The molecule has 6 aliphatic rings. The van der Waals surface area contributed by atoms with E-state index >= 15 is 0 Å². The second-order valence-corrected chi connectivity index (χ2v) is 16.7. The molecule has 0 N–H and O–H groups in total. The number of nitriles is 2. The van der Waals surface area contributed by atoms with Crippen molar-refractivity contribution in [3.63, 3.8) is 0 Å². The number of benzene rings is 3. The average molecular weight is 818 g/mol. The topological polar surface area (TPSA) is 135 Å². The summed E-state index contributed by atoms with van der Waals surface area (Å²) >= 11 is 0. The predicted octanol–water partition coefficient (Wildman–Crippen LogP) is 10.5. The van der Waals surface area contributed by atoms with E-state index in [1.807, 2.05) is 91.0 Å². The molecule has 0 spiro atoms. The number of carbonyl (C=O) groups is 4. The van der Waals surface area contributed by atoms with Crippen LogP contribution in [0.3, 0.4) is 0 Å². The Labute approximate surface area is 359 Å². The lowest BCUT2D eigenvalue weighted by Crippen LogP contribution is -2.38. The van der Waals surface area contributed by atoms with Crippen LogP contribution in [0.1, 0.15) is 148 Å². The highest BCUT2D eigenvalue weighted by Gasteiger charge is 2.36. The van der Waals surface area contributed by atoms with Gasteiger partial charge < -0.3 is 4.74 Å². The molecule has 3 atom stereocenters. The Kier molecular flexibility index (Phi) is 14.6. The van der Waals surface area contributed by atoms with Crippen molar-refractivity contribution in [2.45, 2.75) is 115 Å². The minimum Gasteiger partial charge on any atom is -0.439 e. The predicted molar refractivity (Wildman–Crippen MR) is 233 cm³/mol. The zero-order valence-corrected chi connectivity index (χ0v) is 34.8. The summed E-state index contributed by atoms with van der Waals surface area (Å²) in [6, 6.07) is 26.9. The van der Waals surface area contributed by atoms with Gasteiger partial charge in [-0.15, -0.1) is 0 Å². The lowest BCUT2D eigenvalue weighted by molar-refractivity contribution is -0.154. The maximum atomic E-state index is 12.7. The number of hydrogen-bond acceptors (Lipinski definition) is 7. The van der Waals surface area contributed by atoms with Crippen LogP contribution < -0.4 is 0 Å². The van der Waals surface area contributed by atoms with Gasteiger partial charge in [0.15, 0.2) is 0 Å². The fourth-order valence-electron chi connectivity index (χ4n) is 9.62. The van der Waals surface area contributed by atoms with Crippen molar-refractivity contribution in [2.75, 3.05) is 0 Å². The molecule has 0 radical (unpaired) electrons. The van der Waals surface area contributed by atoms with E-state index in [4.69, 9.17) is 4.74 Å². The smallest absolute Gasteiger partial charge is 0.295 e. The molecular formula is C51H55N5O5. The van der Waals surface area contributed by atoms with Crippen LogP contribution in [0.5, 0.6) is 0 Å². The van der Waals surface area contributed by atoms with Crippen molar-refractivity contribution in [2.24, 2.45) is 17.8 Å². The molecule has 3 heterocycles. The summed E-state index contributed by atoms with van der Waals surface area (Å²) in [6.45, 7) is 0.418. The molecule has 3 aromatic rings. The summed E-state index contributed by atoms with van der Waals surface area (Å²) in [5, 5.41) is 19.0. The highest BCUT2D eigenvalue weighted by molar-refractivity contribution is 5.84. The molecule has 3 aliphatic heterocycles. The normalized spacial score (nSPS) is 22.0. The van der Waals surface area contributed by atoms with Crippen LogP contribution in [-0.4, -0.2) is 38.9 Å². The van der Waals surface area contributed by atoms with Crippen LogP contribution in [0.2, 0.25) is 0 Å². The summed E-state index contributed by atoms with van der Waals surface area (Å²) in [5.74, 6) is 0.520. The molecule has 61 heavy (non-hydrogen) atoms. The van der Waals surface area contributed by atoms with Crippen LogP contribution in [0, 0.1) is 40.4 Å². The molecule has 0 aromatic heterocycles. The van der Waals surface area contributed by atoms with E-state index in [1.54, 1.807) is 33.3 Å². The van der Waals surface area contributed by atoms with Gasteiger partial charge in [0, 0.05) is 41.9 Å². The first-order valence-corrected chi connectivity index (χ1v) is 22.1. The lowest BCUT2D eigenvalue weighted by atomic mass is 9.87. The summed E-state index contributed by atoms with van der Waals surface area (Å²) in [4.78, 5) is 53.7. The van der Waals surface area contributed by atoms with Gasteiger partial charge in [-0.2, -0.15) is 10.5 Å². The lowest BCUT2D eigenvalue weighted by Gasteiger charge is -2.34. The molecule has 9 rings (SSSR count). The molecule has 1 unspecified atom stereocenters. The largest absolute Gasteiger partial charge is 0.439 e. The zero-order valence-electron chi connectivity index (χ0n) is 34.8. The molecule has 3 amide bonds. The molecule has 3 saturated carbocycles. The number of rotatable bonds is 5. The number of hydrogen-bond donors (Lipinski definition) is 0. The summed E-state index contributed by atoms with van der Waals surface area (Å²) in [7, 11) is 0. The van der Waals surface area contributed by atoms with Crippen molar-refractivity contribution in [3.8, 4) is 12.1 Å². The monoisotopic (exact) mass is 817 g/mol. The summed E-state index contributed by atoms with van der Waals surface area (Å²) in [6.07, 6.45) is 26.5. The SMILES string of the molecule is N#CC1c2ccccc2C=CN1C(=O)C1CCCCC1.N#C[C@H]1c2ccccc2C=CN1C(=O)C1CCCCC1.O=CO[C@@H]1c2ccccc2C=CN1C(=O)C1CCCCC1. The third-order valence-electron chi connectivity index (χ3n) is 13.0. The van der Waals surface area contributed by atoms with Crippen molar-refractivity contribution in [3.05, 3.63) is 125 Å². The molecular weight excluding hydrogens is 763 g/mol. The maximum absolute atomic E-state index is 12.7. The number of ether oxygens (including phenoxy) is 1. The van der Waals surface area contributed by atoms with E-state index in [2.05, 4.69) is 12.1 Å². The van der Waals surface area contributed by atoms with Gasteiger partial charge >= 0.3 is 0 Å². The third kappa shape index (κ3) is 9.87. The van der Waals surface area contributed by atoms with E-state index in [9.17, 15) is 29.7 Å². The molecule has 3 aromatic carbocycles. The van der Waals surface area contributed by atoms with E-state index in [0.29, 0.717) is 6.47 Å². The van der Waals surface area contributed by atoms with Gasteiger partial charge in [-0.1, -0.05) is 131 Å². The molecule has 0 bridgehead atoms. The van der Waals surface area contributed by atoms with Crippen molar-refractivity contribution in [1.82, 2.24) is 14.7 Å². The molecule has 10 nitrogen and oxygen atoms in total. The number of nitrogens with zero attached hydrogens (tertiary/aromatic N) is 5. The van der Waals surface area contributed by atoms with Gasteiger partial charge in [-0.05, 0) is 84.6 Å². The van der Waals surface area contributed by atoms with Crippen LogP contribution in [0.15, 0.2) is 91.4 Å². The highest BCUT2D eigenvalue weighted by Crippen LogP contribution is 2.37. The first-order valence-electron chi connectivity index (χ1n) is 22.1.